The molecule has 0 spiro atoms. The van der Waals surface area contributed by atoms with E-state index in [0.717, 1.165) is 25.0 Å². The maximum atomic E-state index is 3.65. The third-order valence-electron chi connectivity index (χ3n) is 4.33. The van der Waals surface area contributed by atoms with Crippen LogP contribution in [0.4, 0.5) is 0 Å². The SMILES string of the molecule is CCCC(CNCC(C)C)N1CCN(C(C)(C)C)CC1. The van der Waals surface area contributed by atoms with Crippen molar-refractivity contribution in [2.45, 2.75) is 66.0 Å². The Bertz CT molecular complexity index is 249. The Morgan fingerprint density at radius 1 is 1.00 bits per heavy atom. The second-order valence-corrected chi connectivity index (χ2v) is 7.69. The van der Waals surface area contributed by atoms with E-state index in [1.165, 1.54) is 39.0 Å². The maximum absolute atomic E-state index is 3.65. The topological polar surface area (TPSA) is 18.5 Å². The van der Waals surface area contributed by atoms with E-state index in [0.29, 0.717) is 5.54 Å². The van der Waals surface area contributed by atoms with Gasteiger partial charge in [0.25, 0.3) is 0 Å². The molecule has 0 aliphatic carbocycles. The van der Waals surface area contributed by atoms with Crippen molar-refractivity contribution in [3.05, 3.63) is 0 Å². The average Bonchev–Trinajstić information content (AvgIpc) is 2.36. The van der Waals surface area contributed by atoms with Gasteiger partial charge in [0.15, 0.2) is 0 Å². The van der Waals surface area contributed by atoms with E-state index in [2.05, 4.69) is 56.7 Å². The van der Waals surface area contributed by atoms with E-state index in [4.69, 9.17) is 0 Å². The van der Waals surface area contributed by atoms with Crippen LogP contribution in [0, 0.1) is 5.92 Å². The standard InChI is InChI=1S/C17H37N3/c1-7-8-16(14-18-13-15(2)3)19-9-11-20(12-10-19)17(4,5)6/h15-16,18H,7-14H2,1-6H3. The molecule has 1 rings (SSSR count). The van der Waals surface area contributed by atoms with Gasteiger partial charge in [-0.2, -0.15) is 0 Å². The maximum Gasteiger partial charge on any atom is 0.0221 e. The second-order valence-electron chi connectivity index (χ2n) is 7.69. The summed E-state index contributed by atoms with van der Waals surface area (Å²) >= 11 is 0. The van der Waals surface area contributed by atoms with Crippen LogP contribution in [-0.2, 0) is 0 Å². The van der Waals surface area contributed by atoms with Gasteiger partial charge in [-0.1, -0.05) is 27.2 Å². The van der Waals surface area contributed by atoms with E-state index in [1.807, 2.05) is 0 Å². The lowest BCUT2D eigenvalue weighted by Gasteiger charge is -2.44. The second kappa shape index (κ2) is 8.35. The Morgan fingerprint density at radius 2 is 1.60 bits per heavy atom. The van der Waals surface area contributed by atoms with Gasteiger partial charge in [-0.3, -0.25) is 9.80 Å². The molecule has 0 bridgehead atoms. The van der Waals surface area contributed by atoms with Crippen molar-refractivity contribution in [1.82, 2.24) is 15.1 Å². The normalized spacial score (nSPS) is 20.6. The van der Waals surface area contributed by atoms with E-state index in [9.17, 15) is 0 Å². The highest BCUT2D eigenvalue weighted by Crippen LogP contribution is 2.18. The first-order chi connectivity index (χ1) is 9.34. The zero-order chi connectivity index (χ0) is 15.2. The fourth-order valence-corrected chi connectivity index (χ4v) is 3.04. The van der Waals surface area contributed by atoms with Gasteiger partial charge in [0.1, 0.15) is 0 Å². The van der Waals surface area contributed by atoms with E-state index >= 15 is 0 Å². The number of nitrogens with zero attached hydrogens (tertiary/aromatic N) is 2. The summed E-state index contributed by atoms with van der Waals surface area (Å²) in [5, 5.41) is 3.65. The van der Waals surface area contributed by atoms with Crippen molar-refractivity contribution < 1.29 is 0 Å². The van der Waals surface area contributed by atoms with Crippen molar-refractivity contribution in [2.24, 2.45) is 5.92 Å². The monoisotopic (exact) mass is 283 g/mol. The zero-order valence-corrected chi connectivity index (χ0v) is 14.7. The van der Waals surface area contributed by atoms with E-state index in [1.54, 1.807) is 0 Å². The molecule has 1 aliphatic heterocycles. The van der Waals surface area contributed by atoms with Crippen LogP contribution in [0.1, 0.15) is 54.4 Å². The Labute approximate surface area is 127 Å². The molecular weight excluding hydrogens is 246 g/mol. The molecule has 0 radical (unpaired) electrons. The summed E-state index contributed by atoms with van der Waals surface area (Å²) in [5.74, 6) is 0.745. The van der Waals surface area contributed by atoms with Crippen molar-refractivity contribution in [1.29, 1.82) is 0 Å². The van der Waals surface area contributed by atoms with Crippen LogP contribution < -0.4 is 5.32 Å². The molecule has 0 amide bonds. The van der Waals surface area contributed by atoms with E-state index in [-0.39, 0.29) is 0 Å². The highest BCUT2D eigenvalue weighted by Gasteiger charge is 2.28. The minimum absolute atomic E-state index is 0.322. The van der Waals surface area contributed by atoms with Crippen LogP contribution in [-0.4, -0.2) is 60.6 Å². The van der Waals surface area contributed by atoms with Crippen molar-refractivity contribution >= 4 is 0 Å². The Hall–Kier alpha value is -0.120. The lowest BCUT2D eigenvalue weighted by molar-refractivity contribution is 0.0397. The number of rotatable bonds is 7. The molecule has 120 valence electrons. The van der Waals surface area contributed by atoms with Gasteiger partial charge in [-0.15, -0.1) is 0 Å². The molecule has 1 heterocycles. The third kappa shape index (κ3) is 6.11. The first-order valence-electron chi connectivity index (χ1n) is 8.54. The molecule has 3 heteroatoms. The average molecular weight is 284 g/mol. The van der Waals surface area contributed by atoms with Gasteiger partial charge in [0, 0.05) is 44.3 Å². The molecule has 0 aromatic heterocycles. The predicted molar refractivity (Wildman–Crippen MR) is 89.3 cm³/mol. The summed E-state index contributed by atoms with van der Waals surface area (Å²) in [6, 6.07) is 0.723. The number of hydrogen-bond acceptors (Lipinski definition) is 3. The van der Waals surface area contributed by atoms with Crippen LogP contribution in [0.5, 0.6) is 0 Å². The fraction of sp³-hybridized carbons (Fsp3) is 1.00. The summed E-state index contributed by atoms with van der Waals surface area (Å²) in [5.41, 5.74) is 0.322. The van der Waals surface area contributed by atoms with Crippen LogP contribution >= 0.6 is 0 Å². The first-order valence-corrected chi connectivity index (χ1v) is 8.54. The molecule has 1 N–H and O–H groups in total. The molecule has 3 nitrogen and oxygen atoms in total. The van der Waals surface area contributed by atoms with Gasteiger partial charge < -0.3 is 5.32 Å². The van der Waals surface area contributed by atoms with Gasteiger partial charge in [0.05, 0.1) is 0 Å². The molecule has 1 saturated heterocycles. The molecule has 1 atom stereocenters. The van der Waals surface area contributed by atoms with Crippen LogP contribution in [0.2, 0.25) is 0 Å². The summed E-state index contributed by atoms with van der Waals surface area (Å²) in [4.78, 5) is 5.33. The van der Waals surface area contributed by atoms with Crippen LogP contribution in [0.3, 0.4) is 0 Å². The summed E-state index contributed by atoms with van der Waals surface area (Å²) in [6.45, 7) is 21.0. The molecule has 1 fully saturated rings. The third-order valence-corrected chi connectivity index (χ3v) is 4.33. The highest BCUT2D eigenvalue weighted by atomic mass is 15.3. The zero-order valence-electron chi connectivity index (χ0n) is 14.7. The molecule has 20 heavy (non-hydrogen) atoms. The Kier molecular flexibility index (Phi) is 7.49. The van der Waals surface area contributed by atoms with Crippen molar-refractivity contribution in [3.8, 4) is 0 Å². The predicted octanol–water partition coefficient (Wildman–Crippen LogP) is 2.82. The van der Waals surface area contributed by atoms with Gasteiger partial charge in [-0.05, 0) is 39.7 Å². The van der Waals surface area contributed by atoms with Crippen LogP contribution in [0.25, 0.3) is 0 Å². The van der Waals surface area contributed by atoms with Crippen molar-refractivity contribution in [3.63, 3.8) is 0 Å². The van der Waals surface area contributed by atoms with Crippen molar-refractivity contribution in [2.75, 3.05) is 39.3 Å². The highest BCUT2D eigenvalue weighted by molar-refractivity contribution is 4.85. The lowest BCUT2D eigenvalue weighted by Crippen LogP contribution is -2.57. The fourth-order valence-electron chi connectivity index (χ4n) is 3.04. The van der Waals surface area contributed by atoms with Crippen LogP contribution in [0.15, 0.2) is 0 Å². The Balaban J connectivity index is 2.41. The smallest absolute Gasteiger partial charge is 0.0221 e. The summed E-state index contributed by atoms with van der Waals surface area (Å²) in [7, 11) is 0. The van der Waals surface area contributed by atoms with Gasteiger partial charge in [-0.25, -0.2) is 0 Å². The molecule has 1 aliphatic rings. The minimum Gasteiger partial charge on any atom is -0.315 e. The minimum atomic E-state index is 0.322. The lowest BCUT2D eigenvalue weighted by atomic mass is 10.0. The summed E-state index contributed by atoms with van der Waals surface area (Å²) < 4.78 is 0. The largest absolute Gasteiger partial charge is 0.315 e. The first kappa shape index (κ1) is 17.9. The number of hydrogen-bond donors (Lipinski definition) is 1. The summed E-state index contributed by atoms with van der Waals surface area (Å²) in [6.07, 6.45) is 2.61. The molecule has 0 aromatic carbocycles. The quantitative estimate of drug-likeness (QED) is 0.775. The van der Waals surface area contributed by atoms with Gasteiger partial charge >= 0.3 is 0 Å². The molecular formula is C17H37N3. The number of nitrogens with one attached hydrogen (secondary N) is 1. The Morgan fingerprint density at radius 3 is 2.05 bits per heavy atom. The molecule has 1 unspecified atom stereocenters. The number of piperazine rings is 1. The molecule has 0 aromatic rings. The van der Waals surface area contributed by atoms with E-state index < -0.39 is 0 Å². The van der Waals surface area contributed by atoms with Gasteiger partial charge in [0.2, 0.25) is 0 Å². The molecule has 0 saturated carbocycles.